The molecule has 1 unspecified atom stereocenters. The third kappa shape index (κ3) is 2.54. The zero-order chi connectivity index (χ0) is 13.0. The minimum absolute atomic E-state index is 0.116. The molecule has 1 atom stereocenters. The van der Waals surface area contributed by atoms with Gasteiger partial charge in [0.1, 0.15) is 0 Å². The van der Waals surface area contributed by atoms with Crippen molar-refractivity contribution >= 4 is 5.91 Å². The third-order valence-corrected chi connectivity index (χ3v) is 3.35. The first-order valence-corrected chi connectivity index (χ1v) is 6.50. The maximum absolute atomic E-state index is 12.0. The van der Waals surface area contributed by atoms with Gasteiger partial charge in [0.25, 0.3) is 0 Å². The number of aliphatic hydroxyl groups is 1. The summed E-state index contributed by atoms with van der Waals surface area (Å²) < 4.78 is 0. The molecule has 0 aromatic heterocycles. The number of hydrazine groups is 1. The second kappa shape index (κ2) is 5.98. The van der Waals surface area contributed by atoms with Crippen molar-refractivity contribution in [1.29, 1.82) is 0 Å². The molecule has 4 heteroatoms. The van der Waals surface area contributed by atoms with Crippen LogP contribution in [0.25, 0.3) is 0 Å². The van der Waals surface area contributed by atoms with Crippen molar-refractivity contribution in [2.45, 2.75) is 25.8 Å². The molecule has 1 fully saturated rings. The lowest BCUT2D eigenvalue weighted by molar-refractivity contribution is -0.138. The summed E-state index contributed by atoms with van der Waals surface area (Å²) in [5.74, 6) is 0.171. The monoisotopic (exact) mass is 248 g/mol. The zero-order valence-corrected chi connectivity index (χ0v) is 10.7. The van der Waals surface area contributed by atoms with Gasteiger partial charge in [-0.1, -0.05) is 30.3 Å². The number of carbonyl (C=O) groups excluding carboxylic acids is 1. The van der Waals surface area contributed by atoms with Gasteiger partial charge in [0.15, 0.2) is 0 Å². The molecule has 0 spiro atoms. The van der Waals surface area contributed by atoms with Crippen molar-refractivity contribution in [2.24, 2.45) is 0 Å². The van der Waals surface area contributed by atoms with Crippen molar-refractivity contribution in [3.05, 3.63) is 35.9 Å². The number of nitrogens with zero attached hydrogens (tertiary/aromatic N) is 2. The fraction of sp³-hybridized carbons (Fsp3) is 0.500. The van der Waals surface area contributed by atoms with Gasteiger partial charge >= 0.3 is 0 Å². The van der Waals surface area contributed by atoms with E-state index in [2.05, 4.69) is 17.1 Å². The molecular weight excluding hydrogens is 228 g/mol. The lowest BCUT2D eigenvalue weighted by atomic mass is 10.0. The smallest absolute Gasteiger partial charge is 0.238 e. The van der Waals surface area contributed by atoms with Crippen molar-refractivity contribution in [1.82, 2.24) is 10.0 Å². The Kier molecular flexibility index (Phi) is 4.33. The number of benzene rings is 1. The number of hydrogen-bond donors (Lipinski definition) is 1. The summed E-state index contributed by atoms with van der Waals surface area (Å²) in [4.78, 5) is 12.0. The highest BCUT2D eigenvalue weighted by atomic mass is 16.3. The average Bonchev–Trinajstić information content (AvgIpc) is 2.73. The van der Waals surface area contributed by atoms with E-state index in [0.29, 0.717) is 19.4 Å². The van der Waals surface area contributed by atoms with Crippen LogP contribution < -0.4 is 0 Å². The van der Waals surface area contributed by atoms with Gasteiger partial charge in [-0.15, -0.1) is 0 Å². The average molecular weight is 248 g/mol. The molecule has 0 saturated carbocycles. The molecule has 0 aliphatic carbocycles. The Morgan fingerprint density at radius 1 is 1.33 bits per heavy atom. The third-order valence-electron chi connectivity index (χ3n) is 3.35. The van der Waals surface area contributed by atoms with Gasteiger partial charge in [-0.25, -0.2) is 5.01 Å². The SMILES string of the molecule is CCN1C(=O)CC(c2ccccc2)N1CCCO. The number of carbonyl (C=O) groups is 1. The van der Waals surface area contributed by atoms with Gasteiger partial charge in [-0.05, 0) is 18.9 Å². The Hall–Kier alpha value is -1.39. The molecule has 1 aromatic carbocycles. The molecule has 18 heavy (non-hydrogen) atoms. The Morgan fingerprint density at radius 2 is 2.06 bits per heavy atom. The first-order valence-electron chi connectivity index (χ1n) is 6.50. The van der Waals surface area contributed by atoms with E-state index in [4.69, 9.17) is 5.11 Å². The van der Waals surface area contributed by atoms with E-state index in [1.54, 1.807) is 5.01 Å². The highest BCUT2D eigenvalue weighted by molar-refractivity contribution is 5.78. The maximum atomic E-state index is 12.0. The minimum atomic E-state index is 0.116. The zero-order valence-electron chi connectivity index (χ0n) is 10.7. The standard InChI is InChI=1S/C14H20N2O2/c1-2-15-14(18)11-13(16(15)9-6-10-17)12-7-4-3-5-8-12/h3-5,7-8,13,17H,2,6,9-11H2,1H3. The van der Waals surface area contributed by atoms with Crippen LogP contribution in [0.15, 0.2) is 30.3 Å². The Morgan fingerprint density at radius 3 is 2.67 bits per heavy atom. The maximum Gasteiger partial charge on any atom is 0.238 e. The van der Waals surface area contributed by atoms with Crippen molar-refractivity contribution < 1.29 is 9.90 Å². The topological polar surface area (TPSA) is 43.8 Å². The van der Waals surface area contributed by atoms with Gasteiger partial charge in [0, 0.05) is 26.1 Å². The molecule has 0 radical (unpaired) electrons. The molecule has 1 aliphatic heterocycles. The molecular formula is C14H20N2O2. The van der Waals surface area contributed by atoms with E-state index in [1.165, 1.54) is 5.56 Å². The number of hydrogen-bond acceptors (Lipinski definition) is 3. The second-order valence-corrected chi connectivity index (χ2v) is 4.48. The van der Waals surface area contributed by atoms with E-state index < -0.39 is 0 Å². The first-order chi connectivity index (χ1) is 8.77. The molecule has 1 saturated heterocycles. The van der Waals surface area contributed by atoms with Gasteiger partial charge in [0.2, 0.25) is 5.91 Å². The molecule has 1 heterocycles. The summed E-state index contributed by atoms with van der Waals surface area (Å²) in [7, 11) is 0. The largest absolute Gasteiger partial charge is 0.396 e. The quantitative estimate of drug-likeness (QED) is 0.860. The highest BCUT2D eigenvalue weighted by Gasteiger charge is 2.36. The highest BCUT2D eigenvalue weighted by Crippen LogP contribution is 2.32. The van der Waals surface area contributed by atoms with Gasteiger partial charge in [-0.3, -0.25) is 9.80 Å². The van der Waals surface area contributed by atoms with Gasteiger partial charge in [-0.2, -0.15) is 0 Å². The fourth-order valence-electron chi connectivity index (χ4n) is 2.52. The van der Waals surface area contributed by atoms with E-state index in [1.807, 2.05) is 25.1 Å². The lowest BCUT2D eigenvalue weighted by Crippen LogP contribution is -2.40. The van der Waals surface area contributed by atoms with Crippen LogP contribution in [0.1, 0.15) is 31.4 Å². The molecule has 2 rings (SSSR count). The first kappa shape index (κ1) is 13.1. The molecule has 1 N–H and O–H groups in total. The van der Waals surface area contributed by atoms with Crippen LogP contribution in [0.2, 0.25) is 0 Å². The predicted octanol–water partition coefficient (Wildman–Crippen LogP) is 1.58. The fourth-order valence-corrected chi connectivity index (χ4v) is 2.52. The molecule has 1 amide bonds. The van der Waals surface area contributed by atoms with E-state index in [9.17, 15) is 4.79 Å². The summed E-state index contributed by atoms with van der Waals surface area (Å²) >= 11 is 0. The minimum Gasteiger partial charge on any atom is -0.396 e. The summed E-state index contributed by atoms with van der Waals surface area (Å²) in [5.41, 5.74) is 1.17. The van der Waals surface area contributed by atoms with Crippen molar-refractivity contribution in [3.8, 4) is 0 Å². The Balaban J connectivity index is 2.20. The summed E-state index contributed by atoms with van der Waals surface area (Å²) in [6, 6.07) is 10.2. The Bertz CT molecular complexity index is 394. The van der Waals surface area contributed by atoms with Crippen molar-refractivity contribution in [3.63, 3.8) is 0 Å². The number of aliphatic hydroxyl groups excluding tert-OH is 1. The van der Waals surface area contributed by atoms with E-state index >= 15 is 0 Å². The summed E-state index contributed by atoms with van der Waals surface area (Å²) in [6.45, 7) is 3.55. The summed E-state index contributed by atoms with van der Waals surface area (Å²) in [6.07, 6.45) is 1.22. The molecule has 0 bridgehead atoms. The van der Waals surface area contributed by atoms with Crippen LogP contribution in [0.3, 0.4) is 0 Å². The summed E-state index contributed by atoms with van der Waals surface area (Å²) in [5, 5.41) is 12.9. The molecule has 1 aromatic rings. The Labute approximate surface area is 108 Å². The molecule has 4 nitrogen and oxygen atoms in total. The second-order valence-electron chi connectivity index (χ2n) is 4.48. The van der Waals surface area contributed by atoms with Crippen LogP contribution in [0, 0.1) is 0 Å². The van der Waals surface area contributed by atoms with E-state index in [-0.39, 0.29) is 18.6 Å². The number of rotatable bonds is 5. The van der Waals surface area contributed by atoms with Crippen molar-refractivity contribution in [2.75, 3.05) is 19.7 Å². The van der Waals surface area contributed by atoms with Crippen LogP contribution in [0.4, 0.5) is 0 Å². The van der Waals surface area contributed by atoms with Crippen LogP contribution in [-0.4, -0.2) is 40.7 Å². The van der Waals surface area contributed by atoms with Gasteiger partial charge < -0.3 is 5.11 Å². The number of amides is 1. The van der Waals surface area contributed by atoms with Crippen LogP contribution in [0.5, 0.6) is 0 Å². The molecule has 1 aliphatic rings. The van der Waals surface area contributed by atoms with Crippen LogP contribution >= 0.6 is 0 Å². The molecule has 98 valence electrons. The lowest BCUT2D eigenvalue weighted by Gasteiger charge is -2.31. The normalized spacial score (nSPS) is 20.7. The van der Waals surface area contributed by atoms with Gasteiger partial charge in [0.05, 0.1) is 6.04 Å². The van der Waals surface area contributed by atoms with Crippen LogP contribution in [-0.2, 0) is 4.79 Å². The van der Waals surface area contributed by atoms with E-state index in [0.717, 1.165) is 6.54 Å². The predicted molar refractivity (Wildman–Crippen MR) is 69.6 cm³/mol.